The molecule has 21 heavy (non-hydrogen) atoms. The average Bonchev–Trinajstić information content (AvgIpc) is 2.93. The number of aliphatic hydroxyl groups is 2. The maximum Gasteiger partial charge on any atom is 0.137 e. The van der Waals surface area contributed by atoms with Crippen LogP contribution in [0.2, 0.25) is 0 Å². The third-order valence-corrected chi connectivity index (χ3v) is 5.31. The van der Waals surface area contributed by atoms with E-state index in [9.17, 15) is 10.2 Å². The zero-order valence-corrected chi connectivity index (χ0v) is 12.9. The van der Waals surface area contributed by atoms with E-state index in [1.807, 2.05) is 17.8 Å². The van der Waals surface area contributed by atoms with Gasteiger partial charge in [0.2, 0.25) is 0 Å². The van der Waals surface area contributed by atoms with E-state index < -0.39 is 6.10 Å². The Bertz CT molecular complexity index is 454. The number of hydrogen-bond acceptors (Lipinski definition) is 4. The molecular weight excluding hydrogens is 266 g/mol. The second-order valence-corrected chi connectivity index (χ2v) is 6.63. The summed E-state index contributed by atoms with van der Waals surface area (Å²) in [6.07, 6.45) is 9.42. The number of rotatable bonds is 3. The minimum atomic E-state index is -0.469. The van der Waals surface area contributed by atoms with E-state index in [4.69, 9.17) is 0 Å². The fourth-order valence-electron chi connectivity index (χ4n) is 3.96. The molecule has 1 aromatic heterocycles. The van der Waals surface area contributed by atoms with Crippen LogP contribution in [-0.4, -0.2) is 49.9 Å². The summed E-state index contributed by atoms with van der Waals surface area (Å²) in [5.74, 6) is 1.05. The van der Waals surface area contributed by atoms with E-state index in [1.54, 1.807) is 6.20 Å². The van der Waals surface area contributed by atoms with Crippen LogP contribution in [0.5, 0.6) is 0 Å². The van der Waals surface area contributed by atoms with Crippen LogP contribution in [0.3, 0.4) is 0 Å². The van der Waals surface area contributed by atoms with Crippen molar-refractivity contribution in [1.82, 2.24) is 14.5 Å². The molecule has 0 radical (unpaired) electrons. The van der Waals surface area contributed by atoms with Crippen LogP contribution in [-0.2, 0) is 7.05 Å². The number of nitrogens with zero attached hydrogens (tertiary/aromatic N) is 3. The SMILES string of the molecule is Cn1ccnc1C(O)C1CCN(C2CCCCC2O)CC1. The number of aromatic nitrogens is 2. The van der Waals surface area contributed by atoms with Crippen LogP contribution < -0.4 is 0 Å². The van der Waals surface area contributed by atoms with Crippen LogP contribution >= 0.6 is 0 Å². The Morgan fingerprint density at radius 1 is 1.19 bits per heavy atom. The number of likely N-dealkylation sites (tertiary alicyclic amines) is 1. The molecule has 2 N–H and O–H groups in total. The van der Waals surface area contributed by atoms with Gasteiger partial charge in [-0.3, -0.25) is 4.90 Å². The maximum absolute atomic E-state index is 10.5. The minimum Gasteiger partial charge on any atom is -0.391 e. The number of piperidine rings is 1. The van der Waals surface area contributed by atoms with Crippen molar-refractivity contribution in [1.29, 1.82) is 0 Å². The molecule has 3 atom stereocenters. The molecule has 0 aromatic carbocycles. The number of hydrogen-bond donors (Lipinski definition) is 2. The largest absolute Gasteiger partial charge is 0.391 e. The summed E-state index contributed by atoms with van der Waals surface area (Å²) in [4.78, 5) is 6.71. The van der Waals surface area contributed by atoms with Gasteiger partial charge in [0.25, 0.3) is 0 Å². The van der Waals surface area contributed by atoms with Gasteiger partial charge in [-0.1, -0.05) is 12.8 Å². The number of aryl methyl sites for hydroxylation is 1. The van der Waals surface area contributed by atoms with Gasteiger partial charge >= 0.3 is 0 Å². The van der Waals surface area contributed by atoms with Crippen molar-refractivity contribution in [2.75, 3.05) is 13.1 Å². The number of imidazole rings is 1. The van der Waals surface area contributed by atoms with Gasteiger partial charge in [0.1, 0.15) is 11.9 Å². The molecule has 0 spiro atoms. The van der Waals surface area contributed by atoms with Crippen molar-refractivity contribution in [3.8, 4) is 0 Å². The highest BCUT2D eigenvalue weighted by Gasteiger charge is 2.34. The molecule has 118 valence electrons. The Balaban J connectivity index is 1.56. The first kappa shape index (κ1) is 15.0. The predicted octanol–water partition coefficient (Wildman–Crippen LogP) is 1.47. The lowest BCUT2D eigenvalue weighted by Gasteiger charge is -2.42. The van der Waals surface area contributed by atoms with E-state index >= 15 is 0 Å². The first-order valence-electron chi connectivity index (χ1n) is 8.24. The van der Waals surface area contributed by atoms with Crippen molar-refractivity contribution in [2.45, 2.75) is 56.8 Å². The highest BCUT2D eigenvalue weighted by Crippen LogP contribution is 2.32. The van der Waals surface area contributed by atoms with Crippen LogP contribution in [0, 0.1) is 5.92 Å². The molecule has 3 unspecified atom stereocenters. The Morgan fingerprint density at radius 3 is 2.52 bits per heavy atom. The van der Waals surface area contributed by atoms with Gasteiger partial charge in [-0.25, -0.2) is 4.98 Å². The lowest BCUT2D eigenvalue weighted by atomic mass is 9.86. The lowest BCUT2D eigenvalue weighted by Crippen LogP contribution is -2.49. The lowest BCUT2D eigenvalue weighted by molar-refractivity contribution is -0.0146. The summed E-state index contributed by atoms with van der Waals surface area (Å²) in [7, 11) is 1.93. The molecule has 1 aliphatic carbocycles. The fourth-order valence-corrected chi connectivity index (χ4v) is 3.96. The Hall–Kier alpha value is -0.910. The first-order chi connectivity index (χ1) is 10.2. The summed E-state index contributed by atoms with van der Waals surface area (Å²) in [6.45, 7) is 1.96. The molecule has 0 bridgehead atoms. The van der Waals surface area contributed by atoms with Crippen molar-refractivity contribution in [3.63, 3.8) is 0 Å². The standard InChI is InChI=1S/C16H27N3O2/c1-18-11-8-17-16(18)15(21)12-6-9-19(10-7-12)13-4-2-3-5-14(13)20/h8,11-15,20-21H,2-7,9-10H2,1H3. The van der Waals surface area contributed by atoms with E-state index in [0.717, 1.165) is 51.0 Å². The van der Waals surface area contributed by atoms with Crippen molar-refractivity contribution in [3.05, 3.63) is 18.2 Å². The van der Waals surface area contributed by atoms with Gasteiger partial charge in [-0.05, 0) is 44.7 Å². The normalized spacial score (nSPS) is 30.4. The summed E-state index contributed by atoms with van der Waals surface area (Å²) in [5.41, 5.74) is 0. The molecule has 2 aliphatic rings. The quantitative estimate of drug-likeness (QED) is 0.886. The Labute approximate surface area is 126 Å². The molecule has 5 nitrogen and oxygen atoms in total. The van der Waals surface area contributed by atoms with Gasteiger partial charge in [-0.15, -0.1) is 0 Å². The van der Waals surface area contributed by atoms with Gasteiger partial charge in [0, 0.05) is 25.5 Å². The maximum atomic E-state index is 10.5. The molecule has 5 heteroatoms. The summed E-state index contributed by atoms with van der Waals surface area (Å²) in [6, 6.07) is 0.338. The van der Waals surface area contributed by atoms with Crippen LogP contribution in [0.25, 0.3) is 0 Å². The van der Waals surface area contributed by atoms with Crippen molar-refractivity contribution in [2.24, 2.45) is 13.0 Å². The Morgan fingerprint density at radius 2 is 1.90 bits per heavy atom. The molecule has 0 amide bonds. The summed E-state index contributed by atoms with van der Waals surface area (Å²) < 4.78 is 1.90. The second kappa shape index (κ2) is 6.46. The van der Waals surface area contributed by atoms with Gasteiger partial charge in [0.05, 0.1) is 6.10 Å². The predicted molar refractivity (Wildman–Crippen MR) is 80.7 cm³/mol. The fraction of sp³-hybridized carbons (Fsp3) is 0.812. The second-order valence-electron chi connectivity index (χ2n) is 6.63. The highest BCUT2D eigenvalue weighted by atomic mass is 16.3. The van der Waals surface area contributed by atoms with E-state index in [1.165, 1.54) is 6.42 Å². The molecule has 1 saturated heterocycles. The number of aliphatic hydroxyl groups excluding tert-OH is 2. The zero-order valence-electron chi connectivity index (χ0n) is 12.9. The third kappa shape index (κ3) is 3.15. The molecule has 1 saturated carbocycles. The highest BCUT2D eigenvalue weighted by molar-refractivity contribution is 4.99. The minimum absolute atomic E-state index is 0.158. The van der Waals surface area contributed by atoms with Crippen molar-refractivity contribution < 1.29 is 10.2 Å². The molecular formula is C16H27N3O2. The molecule has 1 aromatic rings. The van der Waals surface area contributed by atoms with Gasteiger partial charge in [0.15, 0.2) is 0 Å². The van der Waals surface area contributed by atoms with E-state index in [2.05, 4.69) is 9.88 Å². The zero-order chi connectivity index (χ0) is 14.8. The van der Waals surface area contributed by atoms with Gasteiger partial charge < -0.3 is 14.8 Å². The van der Waals surface area contributed by atoms with Gasteiger partial charge in [-0.2, -0.15) is 0 Å². The molecule has 1 aliphatic heterocycles. The Kier molecular flexibility index (Phi) is 4.62. The van der Waals surface area contributed by atoms with Crippen LogP contribution in [0.4, 0.5) is 0 Å². The molecule has 2 fully saturated rings. The molecule has 2 heterocycles. The van der Waals surface area contributed by atoms with E-state index in [-0.39, 0.29) is 12.0 Å². The van der Waals surface area contributed by atoms with E-state index in [0.29, 0.717) is 6.04 Å². The third-order valence-electron chi connectivity index (χ3n) is 5.31. The summed E-state index contributed by atoms with van der Waals surface area (Å²) >= 11 is 0. The smallest absolute Gasteiger partial charge is 0.137 e. The monoisotopic (exact) mass is 293 g/mol. The van der Waals surface area contributed by atoms with Crippen molar-refractivity contribution >= 4 is 0 Å². The van der Waals surface area contributed by atoms with Crippen LogP contribution in [0.15, 0.2) is 12.4 Å². The topological polar surface area (TPSA) is 61.5 Å². The average molecular weight is 293 g/mol. The van der Waals surface area contributed by atoms with Crippen LogP contribution in [0.1, 0.15) is 50.5 Å². The summed E-state index contributed by atoms with van der Waals surface area (Å²) in [5, 5.41) is 20.7. The molecule has 3 rings (SSSR count). The first-order valence-corrected chi connectivity index (χ1v) is 8.24.